The van der Waals surface area contributed by atoms with Gasteiger partial charge in [0.15, 0.2) is 0 Å². The van der Waals surface area contributed by atoms with Gasteiger partial charge in [-0.25, -0.2) is 0 Å². The molecule has 1 aromatic rings. The molecule has 24 heavy (non-hydrogen) atoms. The Morgan fingerprint density at radius 1 is 1.12 bits per heavy atom. The first-order chi connectivity index (χ1) is 11.6. The maximum absolute atomic E-state index is 12.9. The van der Waals surface area contributed by atoms with Gasteiger partial charge in [0.1, 0.15) is 5.75 Å². The molecule has 0 bridgehead atoms. The Labute approximate surface area is 143 Å². The molecule has 1 saturated heterocycles. The molecular weight excluding hydrogens is 306 g/mol. The van der Waals surface area contributed by atoms with Crippen LogP contribution < -0.4 is 4.74 Å². The molecule has 0 saturated carbocycles. The first-order valence-corrected chi connectivity index (χ1v) is 8.75. The lowest BCUT2D eigenvalue weighted by Crippen LogP contribution is -2.29. The van der Waals surface area contributed by atoms with Gasteiger partial charge in [0.2, 0.25) is 0 Å². The molecule has 0 atom stereocenters. The number of methoxy groups -OCH3 is 1. The summed E-state index contributed by atoms with van der Waals surface area (Å²) in [7, 11) is 1.36. The van der Waals surface area contributed by atoms with Crippen molar-refractivity contribution in [2.45, 2.75) is 46.0 Å². The number of carbonyl (C=O) groups excluding carboxylic acids is 2. The number of aryl methyl sites for hydroxylation is 1. The third-order valence-corrected chi connectivity index (χ3v) is 4.32. The third-order valence-electron chi connectivity index (χ3n) is 4.32. The predicted octanol–water partition coefficient (Wildman–Crippen LogP) is 2.99. The van der Waals surface area contributed by atoms with Crippen LogP contribution in [-0.2, 0) is 22.4 Å². The van der Waals surface area contributed by atoms with Crippen LogP contribution in [0.4, 0.5) is 0 Å². The third kappa shape index (κ3) is 4.28. The van der Waals surface area contributed by atoms with Gasteiger partial charge < -0.3 is 14.4 Å². The molecule has 0 aliphatic carbocycles. The quantitative estimate of drug-likeness (QED) is 0.720. The van der Waals surface area contributed by atoms with Gasteiger partial charge in [-0.1, -0.05) is 19.9 Å². The van der Waals surface area contributed by atoms with Gasteiger partial charge in [0.05, 0.1) is 20.1 Å². The van der Waals surface area contributed by atoms with Crippen molar-refractivity contribution >= 4 is 11.9 Å². The number of nitrogens with zero attached hydrogens (tertiary/aromatic N) is 1. The van der Waals surface area contributed by atoms with Gasteiger partial charge in [-0.15, -0.1) is 0 Å². The molecule has 1 fully saturated rings. The van der Waals surface area contributed by atoms with E-state index in [0.717, 1.165) is 55.6 Å². The van der Waals surface area contributed by atoms with Crippen molar-refractivity contribution in [1.29, 1.82) is 0 Å². The number of amides is 1. The maximum Gasteiger partial charge on any atom is 0.310 e. The number of ether oxygens (including phenoxy) is 2. The fourth-order valence-corrected chi connectivity index (χ4v) is 2.96. The van der Waals surface area contributed by atoms with Crippen molar-refractivity contribution in [3.63, 3.8) is 0 Å². The first kappa shape index (κ1) is 18.3. The lowest BCUT2D eigenvalue weighted by molar-refractivity contribution is -0.139. The van der Waals surface area contributed by atoms with Gasteiger partial charge in [-0.05, 0) is 42.9 Å². The second kappa shape index (κ2) is 8.71. The average molecular weight is 333 g/mol. The second-order valence-corrected chi connectivity index (χ2v) is 6.07. The topological polar surface area (TPSA) is 55.8 Å². The summed E-state index contributed by atoms with van der Waals surface area (Å²) in [6.45, 7) is 6.25. The number of hydrogen-bond donors (Lipinski definition) is 0. The van der Waals surface area contributed by atoms with E-state index in [2.05, 4.69) is 0 Å². The van der Waals surface area contributed by atoms with Crippen molar-refractivity contribution in [3.05, 3.63) is 28.8 Å². The summed E-state index contributed by atoms with van der Waals surface area (Å²) >= 11 is 0. The lowest BCUT2D eigenvalue weighted by Gasteiger charge is -2.20. The van der Waals surface area contributed by atoms with Crippen LogP contribution in [0, 0.1) is 0 Å². The summed E-state index contributed by atoms with van der Waals surface area (Å²) in [5.74, 6) is 0.390. The normalized spacial score (nSPS) is 13.9. The summed E-state index contributed by atoms with van der Waals surface area (Å²) in [5.41, 5.74) is 2.30. The highest BCUT2D eigenvalue weighted by molar-refractivity contribution is 5.97. The highest BCUT2D eigenvalue weighted by atomic mass is 16.5. The summed E-state index contributed by atoms with van der Waals surface area (Å²) in [6.07, 6.45) is 3.86. The molecule has 0 radical (unpaired) electrons. The summed E-state index contributed by atoms with van der Waals surface area (Å²) in [5, 5.41) is 0. The van der Waals surface area contributed by atoms with E-state index in [1.54, 1.807) is 0 Å². The van der Waals surface area contributed by atoms with E-state index in [4.69, 9.17) is 9.47 Å². The Balaban J connectivity index is 2.41. The number of hydrogen-bond acceptors (Lipinski definition) is 4. The van der Waals surface area contributed by atoms with E-state index in [-0.39, 0.29) is 18.3 Å². The van der Waals surface area contributed by atoms with Crippen LogP contribution in [0.15, 0.2) is 12.1 Å². The minimum atomic E-state index is -0.338. The molecular formula is C19H27NO4. The highest BCUT2D eigenvalue weighted by Gasteiger charge is 2.24. The van der Waals surface area contributed by atoms with Crippen LogP contribution in [-0.4, -0.2) is 43.6 Å². The summed E-state index contributed by atoms with van der Waals surface area (Å²) < 4.78 is 10.6. The maximum atomic E-state index is 12.9. The SMILES string of the molecule is CCCOc1cc(C(=O)N2CCCC2)c(CC(=O)OC)cc1CC. The number of benzene rings is 1. The van der Waals surface area contributed by atoms with Crippen molar-refractivity contribution in [3.8, 4) is 5.75 Å². The Hall–Kier alpha value is -2.04. The van der Waals surface area contributed by atoms with E-state index >= 15 is 0 Å². The Morgan fingerprint density at radius 2 is 1.83 bits per heavy atom. The Bertz CT molecular complexity index is 591. The van der Waals surface area contributed by atoms with Gasteiger partial charge in [0.25, 0.3) is 5.91 Å². The minimum absolute atomic E-state index is 0.0181. The second-order valence-electron chi connectivity index (χ2n) is 6.07. The standard InChI is InChI=1S/C19H27NO4/c1-4-10-24-17-13-16(19(22)20-8-6-7-9-20)15(11-14(17)5-2)12-18(21)23-3/h11,13H,4-10,12H2,1-3H3. The van der Waals surface area contributed by atoms with Gasteiger partial charge in [0, 0.05) is 18.7 Å². The largest absolute Gasteiger partial charge is 0.493 e. The predicted molar refractivity (Wildman–Crippen MR) is 92.5 cm³/mol. The number of likely N-dealkylation sites (tertiary alicyclic amines) is 1. The fourth-order valence-electron chi connectivity index (χ4n) is 2.96. The molecule has 1 heterocycles. The summed E-state index contributed by atoms with van der Waals surface area (Å²) in [4.78, 5) is 26.5. The minimum Gasteiger partial charge on any atom is -0.493 e. The molecule has 0 N–H and O–H groups in total. The molecule has 1 aliphatic heterocycles. The molecule has 132 valence electrons. The van der Waals surface area contributed by atoms with Crippen LogP contribution in [0.5, 0.6) is 5.75 Å². The zero-order valence-corrected chi connectivity index (χ0v) is 14.9. The number of carbonyl (C=O) groups is 2. The van der Waals surface area contributed by atoms with Crippen LogP contribution in [0.25, 0.3) is 0 Å². The van der Waals surface area contributed by atoms with Crippen LogP contribution in [0.2, 0.25) is 0 Å². The molecule has 0 spiro atoms. The molecule has 0 unspecified atom stereocenters. The number of rotatable bonds is 7. The van der Waals surface area contributed by atoms with E-state index in [0.29, 0.717) is 12.2 Å². The smallest absolute Gasteiger partial charge is 0.310 e. The molecule has 5 heteroatoms. The van der Waals surface area contributed by atoms with E-state index in [1.807, 2.05) is 30.9 Å². The molecule has 1 amide bonds. The van der Waals surface area contributed by atoms with Crippen LogP contribution in [0.1, 0.15) is 54.6 Å². The van der Waals surface area contributed by atoms with Gasteiger partial charge in [-0.2, -0.15) is 0 Å². The zero-order chi connectivity index (χ0) is 17.5. The zero-order valence-electron chi connectivity index (χ0n) is 14.9. The van der Waals surface area contributed by atoms with E-state index in [9.17, 15) is 9.59 Å². The molecule has 1 aromatic carbocycles. The average Bonchev–Trinajstić information content (AvgIpc) is 3.13. The monoisotopic (exact) mass is 333 g/mol. The van der Waals surface area contributed by atoms with Crippen LogP contribution in [0.3, 0.4) is 0 Å². The fraction of sp³-hybridized carbons (Fsp3) is 0.579. The van der Waals surface area contributed by atoms with E-state index in [1.165, 1.54) is 7.11 Å². The van der Waals surface area contributed by atoms with Gasteiger partial charge >= 0.3 is 5.97 Å². The molecule has 2 rings (SSSR count). The van der Waals surface area contributed by atoms with Crippen molar-refractivity contribution in [2.24, 2.45) is 0 Å². The van der Waals surface area contributed by atoms with E-state index < -0.39 is 0 Å². The Kier molecular flexibility index (Phi) is 6.64. The molecule has 0 aromatic heterocycles. The van der Waals surface area contributed by atoms with Crippen molar-refractivity contribution in [1.82, 2.24) is 4.90 Å². The van der Waals surface area contributed by atoms with Crippen molar-refractivity contribution < 1.29 is 19.1 Å². The first-order valence-electron chi connectivity index (χ1n) is 8.75. The van der Waals surface area contributed by atoms with Crippen LogP contribution >= 0.6 is 0 Å². The number of esters is 1. The Morgan fingerprint density at radius 3 is 2.42 bits per heavy atom. The summed E-state index contributed by atoms with van der Waals surface area (Å²) in [6, 6.07) is 3.73. The molecule has 1 aliphatic rings. The highest BCUT2D eigenvalue weighted by Crippen LogP contribution is 2.27. The van der Waals surface area contributed by atoms with Crippen molar-refractivity contribution in [2.75, 3.05) is 26.8 Å². The van der Waals surface area contributed by atoms with Gasteiger partial charge in [-0.3, -0.25) is 9.59 Å². The molecule has 5 nitrogen and oxygen atoms in total. The lowest BCUT2D eigenvalue weighted by atomic mass is 9.98.